The molecule has 0 aromatic carbocycles. The predicted molar refractivity (Wildman–Crippen MR) is 64.6 cm³/mol. The molecule has 0 radical (unpaired) electrons. The number of rotatable bonds is 2. The lowest BCUT2D eigenvalue weighted by molar-refractivity contribution is 0.858. The van der Waals surface area contributed by atoms with E-state index in [-0.39, 0.29) is 0 Å². The molecule has 0 atom stereocenters. The Morgan fingerprint density at radius 3 is 2.71 bits per heavy atom. The molecule has 17 heavy (non-hydrogen) atoms. The highest BCUT2D eigenvalue weighted by Crippen LogP contribution is 2.17. The van der Waals surface area contributed by atoms with Gasteiger partial charge in [0.2, 0.25) is 0 Å². The van der Waals surface area contributed by atoms with Crippen LogP contribution in [0.15, 0.2) is 42.7 Å². The summed E-state index contributed by atoms with van der Waals surface area (Å²) >= 11 is 0. The van der Waals surface area contributed by atoms with E-state index in [2.05, 4.69) is 15.0 Å². The number of aromatic nitrogens is 4. The molecule has 0 unspecified atom stereocenters. The van der Waals surface area contributed by atoms with Gasteiger partial charge in [0.15, 0.2) is 5.65 Å². The maximum atomic E-state index is 5.71. The van der Waals surface area contributed by atoms with Crippen LogP contribution in [0.25, 0.3) is 17.0 Å². The topological polar surface area (TPSA) is 69.6 Å². The number of hydrogen-bond acceptors (Lipinski definition) is 4. The lowest BCUT2D eigenvalue weighted by atomic mass is 10.4. The van der Waals surface area contributed by atoms with Crippen molar-refractivity contribution >= 4 is 11.2 Å². The zero-order valence-electron chi connectivity index (χ0n) is 9.11. The smallest absolute Gasteiger partial charge is 0.165 e. The number of pyridine rings is 2. The van der Waals surface area contributed by atoms with Crippen LogP contribution in [0.5, 0.6) is 0 Å². The zero-order valence-corrected chi connectivity index (χ0v) is 9.11. The first kappa shape index (κ1) is 9.92. The first-order valence-corrected chi connectivity index (χ1v) is 5.34. The fraction of sp³-hybridized carbons (Fsp3) is 0.0833. The normalized spacial score (nSPS) is 10.9. The second-order valence-corrected chi connectivity index (χ2v) is 3.60. The van der Waals surface area contributed by atoms with Crippen LogP contribution < -0.4 is 5.73 Å². The van der Waals surface area contributed by atoms with Gasteiger partial charge in [-0.2, -0.15) is 0 Å². The van der Waals surface area contributed by atoms with Crippen molar-refractivity contribution in [2.45, 2.75) is 6.54 Å². The molecule has 0 aliphatic carbocycles. The first-order valence-electron chi connectivity index (χ1n) is 5.34. The van der Waals surface area contributed by atoms with Crippen molar-refractivity contribution < 1.29 is 0 Å². The molecule has 0 saturated carbocycles. The second-order valence-electron chi connectivity index (χ2n) is 3.60. The minimum atomic E-state index is 0.354. The van der Waals surface area contributed by atoms with Crippen LogP contribution in [-0.2, 0) is 6.54 Å². The van der Waals surface area contributed by atoms with Crippen molar-refractivity contribution in [3.63, 3.8) is 0 Å². The van der Waals surface area contributed by atoms with Crippen molar-refractivity contribution in [3.8, 4) is 5.82 Å². The molecule has 3 aromatic rings. The summed E-state index contributed by atoms with van der Waals surface area (Å²) in [5, 5.41) is 0. The van der Waals surface area contributed by atoms with Gasteiger partial charge in [-0.15, -0.1) is 0 Å². The van der Waals surface area contributed by atoms with Crippen LogP contribution in [0.3, 0.4) is 0 Å². The Hall–Kier alpha value is -2.27. The Bertz CT molecular complexity index is 644. The van der Waals surface area contributed by atoms with Crippen LogP contribution in [0, 0.1) is 0 Å². The summed E-state index contributed by atoms with van der Waals surface area (Å²) in [5.41, 5.74) is 7.33. The third kappa shape index (κ3) is 1.57. The minimum absolute atomic E-state index is 0.354. The van der Waals surface area contributed by atoms with E-state index < -0.39 is 0 Å². The molecular formula is C12H11N5. The SMILES string of the molecule is NCc1nc2cccnc2n1-c1ccccn1. The van der Waals surface area contributed by atoms with Crippen molar-refractivity contribution in [3.05, 3.63) is 48.5 Å². The predicted octanol–water partition coefficient (Wildman–Crippen LogP) is 1.27. The van der Waals surface area contributed by atoms with Gasteiger partial charge in [-0.3, -0.25) is 4.57 Å². The summed E-state index contributed by atoms with van der Waals surface area (Å²) in [6.45, 7) is 0.354. The van der Waals surface area contributed by atoms with E-state index in [9.17, 15) is 0 Å². The standard InChI is InChI=1S/C12H11N5/c13-8-11-16-9-4-3-7-15-12(9)17(11)10-5-1-2-6-14-10/h1-7H,8,13H2. The summed E-state index contributed by atoms with van der Waals surface area (Å²) in [6.07, 6.45) is 3.48. The van der Waals surface area contributed by atoms with Crippen molar-refractivity contribution in [1.82, 2.24) is 19.5 Å². The molecule has 0 aliphatic rings. The van der Waals surface area contributed by atoms with Crippen LogP contribution in [0.1, 0.15) is 5.82 Å². The molecular weight excluding hydrogens is 214 g/mol. The molecule has 0 saturated heterocycles. The van der Waals surface area contributed by atoms with Crippen LogP contribution in [-0.4, -0.2) is 19.5 Å². The van der Waals surface area contributed by atoms with E-state index in [1.807, 2.05) is 34.9 Å². The maximum absolute atomic E-state index is 5.71. The Kier molecular flexibility index (Phi) is 2.31. The Labute approximate surface area is 98.0 Å². The van der Waals surface area contributed by atoms with Crippen LogP contribution >= 0.6 is 0 Å². The monoisotopic (exact) mass is 225 g/mol. The third-order valence-electron chi connectivity index (χ3n) is 2.55. The lowest BCUT2D eigenvalue weighted by Crippen LogP contribution is -2.08. The molecule has 84 valence electrons. The molecule has 0 amide bonds. The largest absolute Gasteiger partial charge is 0.324 e. The number of nitrogens with two attached hydrogens (primary N) is 1. The molecule has 3 heterocycles. The van der Waals surface area contributed by atoms with Gasteiger partial charge >= 0.3 is 0 Å². The van der Waals surface area contributed by atoms with Crippen molar-refractivity contribution in [2.24, 2.45) is 5.73 Å². The van der Waals surface area contributed by atoms with E-state index in [4.69, 9.17) is 5.73 Å². The quantitative estimate of drug-likeness (QED) is 0.713. The number of nitrogens with zero attached hydrogens (tertiary/aromatic N) is 4. The number of hydrogen-bond donors (Lipinski definition) is 1. The van der Waals surface area contributed by atoms with Crippen LogP contribution in [0.2, 0.25) is 0 Å². The lowest BCUT2D eigenvalue weighted by Gasteiger charge is -2.05. The summed E-state index contributed by atoms with van der Waals surface area (Å²) in [6, 6.07) is 9.49. The fourth-order valence-electron chi connectivity index (χ4n) is 1.82. The zero-order chi connectivity index (χ0) is 11.7. The van der Waals surface area contributed by atoms with E-state index >= 15 is 0 Å². The average molecular weight is 225 g/mol. The first-order chi connectivity index (χ1) is 8.40. The van der Waals surface area contributed by atoms with Gasteiger partial charge in [-0.1, -0.05) is 6.07 Å². The van der Waals surface area contributed by atoms with Gasteiger partial charge in [0.1, 0.15) is 17.2 Å². The van der Waals surface area contributed by atoms with E-state index in [0.717, 1.165) is 22.8 Å². The maximum Gasteiger partial charge on any atom is 0.165 e. The summed E-state index contributed by atoms with van der Waals surface area (Å²) in [7, 11) is 0. The summed E-state index contributed by atoms with van der Waals surface area (Å²) < 4.78 is 1.88. The van der Waals surface area contributed by atoms with Gasteiger partial charge in [0.25, 0.3) is 0 Å². The second kappa shape index (κ2) is 3.95. The fourth-order valence-corrected chi connectivity index (χ4v) is 1.82. The summed E-state index contributed by atoms with van der Waals surface area (Å²) in [5.74, 6) is 1.55. The Balaban J connectivity index is 2.34. The number of imidazole rings is 1. The van der Waals surface area contributed by atoms with E-state index in [0.29, 0.717) is 6.54 Å². The highest BCUT2D eigenvalue weighted by molar-refractivity contribution is 5.73. The Morgan fingerprint density at radius 2 is 1.94 bits per heavy atom. The molecule has 3 rings (SSSR count). The van der Waals surface area contributed by atoms with Gasteiger partial charge in [-0.25, -0.2) is 15.0 Å². The van der Waals surface area contributed by atoms with Gasteiger partial charge in [-0.05, 0) is 24.3 Å². The molecule has 0 aliphatic heterocycles. The minimum Gasteiger partial charge on any atom is -0.324 e. The Morgan fingerprint density at radius 1 is 1.06 bits per heavy atom. The molecule has 5 heteroatoms. The van der Waals surface area contributed by atoms with Crippen LogP contribution in [0.4, 0.5) is 0 Å². The molecule has 5 nitrogen and oxygen atoms in total. The highest BCUT2D eigenvalue weighted by Gasteiger charge is 2.12. The van der Waals surface area contributed by atoms with Crippen molar-refractivity contribution in [1.29, 1.82) is 0 Å². The molecule has 0 bridgehead atoms. The molecule has 0 spiro atoms. The summed E-state index contributed by atoms with van der Waals surface area (Å²) in [4.78, 5) is 13.1. The molecule has 0 fully saturated rings. The van der Waals surface area contributed by atoms with E-state index in [1.54, 1.807) is 12.4 Å². The number of fused-ring (bicyclic) bond motifs is 1. The van der Waals surface area contributed by atoms with Gasteiger partial charge in [0, 0.05) is 12.4 Å². The van der Waals surface area contributed by atoms with E-state index in [1.165, 1.54) is 0 Å². The molecule has 3 aromatic heterocycles. The average Bonchev–Trinajstić information content (AvgIpc) is 2.78. The molecule has 2 N–H and O–H groups in total. The van der Waals surface area contributed by atoms with Gasteiger partial charge in [0.05, 0.1) is 6.54 Å². The third-order valence-corrected chi connectivity index (χ3v) is 2.55. The highest BCUT2D eigenvalue weighted by atomic mass is 15.2. The van der Waals surface area contributed by atoms with Crippen molar-refractivity contribution in [2.75, 3.05) is 0 Å². The van der Waals surface area contributed by atoms with Gasteiger partial charge < -0.3 is 5.73 Å².